The lowest BCUT2D eigenvalue weighted by atomic mass is 10.1. The van der Waals surface area contributed by atoms with Gasteiger partial charge in [-0.3, -0.25) is 19.7 Å². The van der Waals surface area contributed by atoms with E-state index in [0.29, 0.717) is 17.1 Å². The largest absolute Gasteiger partial charge is 0.455 e. The van der Waals surface area contributed by atoms with Gasteiger partial charge < -0.3 is 4.42 Å². The monoisotopic (exact) mass is 313 g/mol. The molecule has 0 saturated carbocycles. The molecule has 2 aromatic rings. The predicted octanol–water partition coefficient (Wildman–Crippen LogP) is 1.99. The fraction of sp³-hybridized carbons (Fsp3) is 0.133. The normalized spacial score (nSPS) is 14.9. The molecule has 116 valence electrons. The van der Waals surface area contributed by atoms with E-state index in [4.69, 9.17) is 4.42 Å². The average molecular weight is 313 g/mol. The van der Waals surface area contributed by atoms with Crippen LogP contribution in [-0.4, -0.2) is 34.4 Å². The van der Waals surface area contributed by atoms with Gasteiger partial charge in [0.1, 0.15) is 18.1 Å². The summed E-state index contributed by atoms with van der Waals surface area (Å²) in [5.74, 6) is 0.419. The van der Waals surface area contributed by atoms with Crippen LogP contribution in [0.25, 0.3) is 11.3 Å². The third-order valence-corrected chi connectivity index (χ3v) is 3.28. The minimum absolute atomic E-state index is 0.000643. The second-order valence-electron chi connectivity index (χ2n) is 4.92. The molecule has 8 nitrogen and oxygen atoms in total. The maximum atomic E-state index is 11.4. The second kappa shape index (κ2) is 5.84. The van der Waals surface area contributed by atoms with Crippen molar-refractivity contribution in [1.29, 1.82) is 0 Å². The standard InChI is InChI=1S/C15H11N3O5/c19-12-7-15(20)17(9-12)16-8-13-5-6-14(23-13)10-1-3-11(4-2-10)18(21)22/h1-6,8H,7,9H2/b16-8+. The van der Waals surface area contributed by atoms with Crippen LogP contribution in [0.2, 0.25) is 0 Å². The van der Waals surface area contributed by atoms with E-state index in [1.165, 1.54) is 18.3 Å². The van der Waals surface area contributed by atoms with E-state index in [1.54, 1.807) is 24.3 Å². The van der Waals surface area contributed by atoms with Crippen LogP contribution in [0.4, 0.5) is 5.69 Å². The van der Waals surface area contributed by atoms with Crippen LogP contribution in [0.15, 0.2) is 45.9 Å². The minimum atomic E-state index is -0.474. The number of nitro groups is 1. The number of non-ortho nitro benzene ring substituents is 1. The molecule has 1 aliphatic heterocycles. The molecule has 0 bridgehead atoms. The molecule has 3 rings (SSSR count). The molecule has 1 aromatic heterocycles. The molecule has 1 fully saturated rings. The molecule has 0 radical (unpaired) electrons. The first-order valence-corrected chi connectivity index (χ1v) is 6.73. The lowest BCUT2D eigenvalue weighted by Gasteiger charge is -2.04. The highest BCUT2D eigenvalue weighted by molar-refractivity contribution is 6.05. The maximum absolute atomic E-state index is 11.4. The number of benzene rings is 1. The average Bonchev–Trinajstić information content (AvgIpc) is 3.11. The summed E-state index contributed by atoms with van der Waals surface area (Å²) in [6.45, 7) is -0.0226. The topological polar surface area (TPSA) is 106 Å². The quantitative estimate of drug-likeness (QED) is 0.371. The number of rotatable bonds is 4. The third-order valence-electron chi connectivity index (χ3n) is 3.28. The Morgan fingerprint density at radius 2 is 1.91 bits per heavy atom. The molecule has 23 heavy (non-hydrogen) atoms. The van der Waals surface area contributed by atoms with Crippen LogP contribution in [0, 0.1) is 10.1 Å². The van der Waals surface area contributed by atoms with Gasteiger partial charge in [-0.2, -0.15) is 5.10 Å². The van der Waals surface area contributed by atoms with Crippen LogP contribution < -0.4 is 0 Å². The number of Topliss-reactive ketones (excluding diaryl/α,β-unsaturated/α-hetero) is 1. The van der Waals surface area contributed by atoms with Gasteiger partial charge in [0.25, 0.3) is 11.6 Å². The number of carbonyl (C=O) groups is 2. The summed E-state index contributed by atoms with van der Waals surface area (Å²) in [7, 11) is 0. The van der Waals surface area contributed by atoms with Gasteiger partial charge in [-0.05, 0) is 24.3 Å². The first-order chi connectivity index (χ1) is 11.0. The number of hydrogen-bond acceptors (Lipinski definition) is 6. The van der Waals surface area contributed by atoms with Crippen LogP contribution in [0.3, 0.4) is 0 Å². The summed E-state index contributed by atoms with van der Waals surface area (Å²) in [6, 6.07) is 9.30. The SMILES string of the molecule is O=C1CC(=O)N(/N=C/c2ccc(-c3ccc([N+](=O)[O-])cc3)o2)C1. The number of furan rings is 1. The molecule has 0 N–H and O–H groups in total. The highest BCUT2D eigenvalue weighted by Crippen LogP contribution is 2.24. The molecule has 1 amide bonds. The van der Waals surface area contributed by atoms with E-state index in [2.05, 4.69) is 5.10 Å². The Morgan fingerprint density at radius 3 is 2.52 bits per heavy atom. The molecule has 1 saturated heterocycles. The Morgan fingerprint density at radius 1 is 1.17 bits per heavy atom. The van der Waals surface area contributed by atoms with Crippen molar-refractivity contribution in [2.45, 2.75) is 6.42 Å². The lowest BCUT2D eigenvalue weighted by Crippen LogP contribution is -2.18. The van der Waals surface area contributed by atoms with Crippen LogP contribution in [0.5, 0.6) is 0 Å². The van der Waals surface area contributed by atoms with Crippen LogP contribution in [0.1, 0.15) is 12.2 Å². The van der Waals surface area contributed by atoms with Gasteiger partial charge in [-0.1, -0.05) is 0 Å². The number of amides is 1. The van der Waals surface area contributed by atoms with Crippen molar-refractivity contribution < 1.29 is 18.9 Å². The Kier molecular flexibility index (Phi) is 3.71. The number of ketones is 1. The number of carbonyl (C=O) groups excluding carboxylic acids is 2. The number of nitro benzene ring substituents is 1. The summed E-state index contributed by atoms with van der Waals surface area (Å²) in [5, 5.41) is 15.6. The van der Waals surface area contributed by atoms with E-state index < -0.39 is 4.92 Å². The van der Waals surface area contributed by atoms with Gasteiger partial charge in [0.15, 0.2) is 5.78 Å². The van der Waals surface area contributed by atoms with Crippen LogP contribution >= 0.6 is 0 Å². The van der Waals surface area contributed by atoms with Crippen LogP contribution in [-0.2, 0) is 9.59 Å². The smallest absolute Gasteiger partial charge is 0.269 e. The Labute approximate surface area is 130 Å². The molecule has 0 atom stereocenters. The second-order valence-corrected chi connectivity index (χ2v) is 4.92. The van der Waals surface area contributed by atoms with Crippen molar-refractivity contribution in [2.24, 2.45) is 5.10 Å². The van der Waals surface area contributed by atoms with Gasteiger partial charge >= 0.3 is 0 Å². The van der Waals surface area contributed by atoms with E-state index in [0.717, 1.165) is 5.01 Å². The van der Waals surface area contributed by atoms with E-state index in [9.17, 15) is 19.7 Å². The van der Waals surface area contributed by atoms with E-state index >= 15 is 0 Å². The number of hydrogen-bond donors (Lipinski definition) is 0. The van der Waals surface area contributed by atoms with E-state index in [-0.39, 0.29) is 30.3 Å². The fourth-order valence-corrected chi connectivity index (χ4v) is 2.13. The Hall–Kier alpha value is -3.29. The third kappa shape index (κ3) is 3.15. The number of nitrogens with zero attached hydrogens (tertiary/aromatic N) is 3. The van der Waals surface area contributed by atoms with Gasteiger partial charge in [0.05, 0.1) is 17.6 Å². The molecule has 8 heteroatoms. The highest BCUT2D eigenvalue weighted by atomic mass is 16.6. The van der Waals surface area contributed by atoms with Gasteiger partial charge in [0, 0.05) is 17.7 Å². The van der Waals surface area contributed by atoms with Crippen molar-refractivity contribution in [1.82, 2.24) is 5.01 Å². The first-order valence-electron chi connectivity index (χ1n) is 6.73. The number of hydrazone groups is 1. The molecule has 0 unspecified atom stereocenters. The zero-order chi connectivity index (χ0) is 16.4. The summed E-state index contributed by atoms with van der Waals surface area (Å²) < 4.78 is 5.55. The molecule has 1 aliphatic rings. The maximum Gasteiger partial charge on any atom is 0.269 e. The minimum Gasteiger partial charge on any atom is -0.455 e. The van der Waals surface area contributed by atoms with Crippen molar-refractivity contribution in [3.63, 3.8) is 0 Å². The van der Waals surface area contributed by atoms with Gasteiger partial charge in [-0.25, -0.2) is 5.01 Å². The molecule has 2 heterocycles. The lowest BCUT2D eigenvalue weighted by molar-refractivity contribution is -0.384. The Bertz CT molecular complexity index is 807. The highest BCUT2D eigenvalue weighted by Gasteiger charge is 2.26. The summed E-state index contributed by atoms with van der Waals surface area (Å²) >= 11 is 0. The predicted molar refractivity (Wildman–Crippen MR) is 79.7 cm³/mol. The zero-order valence-corrected chi connectivity index (χ0v) is 11.8. The van der Waals surface area contributed by atoms with E-state index in [1.807, 2.05) is 0 Å². The van der Waals surface area contributed by atoms with Crippen molar-refractivity contribution in [3.8, 4) is 11.3 Å². The van der Waals surface area contributed by atoms with Crippen molar-refractivity contribution in [3.05, 3.63) is 52.3 Å². The molecule has 0 spiro atoms. The van der Waals surface area contributed by atoms with Gasteiger partial charge in [-0.15, -0.1) is 0 Å². The summed E-state index contributed by atoms with van der Waals surface area (Å²) in [5.41, 5.74) is 0.682. The molecular formula is C15H11N3O5. The fourth-order valence-electron chi connectivity index (χ4n) is 2.13. The zero-order valence-electron chi connectivity index (χ0n) is 11.8. The summed E-state index contributed by atoms with van der Waals surface area (Å²) in [4.78, 5) is 32.7. The molecule has 1 aromatic carbocycles. The van der Waals surface area contributed by atoms with Crippen molar-refractivity contribution in [2.75, 3.05) is 6.54 Å². The Balaban J connectivity index is 1.74. The first kappa shape index (κ1) is 14.6. The van der Waals surface area contributed by atoms with Gasteiger partial charge in [0.2, 0.25) is 0 Å². The van der Waals surface area contributed by atoms with Crippen molar-refractivity contribution >= 4 is 23.6 Å². The summed E-state index contributed by atoms with van der Waals surface area (Å²) in [6.07, 6.45) is 1.23. The molecular weight excluding hydrogens is 302 g/mol. The molecule has 0 aliphatic carbocycles.